The summed E-state index contributed by atoms with van der Waals surface area (Å²) < 4.78 is 0. The van der Waals surface area contributed by atoms with E-state index in [0.29, 0.717) is 11.6 Å². The van der Waals surface area contributed by atoms with Gasteiger partial charge in [0.2, 0.25) is 0 Å². The van der Waals surface area contributed by atoms with Crippen LogP contribution in [0.5, 0.6) is 0 Å². The van der Waals surface area contributed by atoms with Crippen LogP contribution in [0.1, 0.15) is 18.4 Å². The summed E-state index contributed by atoms with van der Waals surface area (Å²) in [7, 11) is 1.70. The Balaban J connectivity index is 2.92. The lowest BCUT2D eigenvalue weighted by Gasteiger charge is -2.16. The molecule has 1 aromatic heterocycles. The van der Waals surface area contributed by atoms with Crippen molar-refractivity contribution in [2.45, 2.75) is 20.3 Å². The highest BCUT2D eigenvalue weighted by Gasteiger charge is 2.08. The molecule has 15 heavy (non-hydrogen) atoms. The number of nitrogens with zero attached hydrogens (tertiary/aromatic N) is 3. The highest BCUT2D eigenvalue weighted by atomic mass is 16.4. The highest BCUT2D eigenvalue weighted by molar-refractivity contribution is 5.72. The van der Waals surface area contributed by atoms with Gasteiger partial charge in [0.05, 0.1) is 0 Å². The second-order valence-corrected chi connectivity index (χ2v) is 3.37. The zero-order valence-electron chi connectivity index (χ0n) is 9.19. The third-order valence-electron chi connectivity index (χ3n) is 2.00. The van der Waals surface area contributed by atoms with Crippen molar-refractivity contribution in [2.75, 3.05) is 18.5 Å². The summed E-state index contributed by atoms with van der Waals surface area (Å²) in [6, 6.07) is 1.82. The molecule has 1 rings (SSSR count). The maximum Gasteiger partial charge on any atom is 0.323 e. The Hall–Kier alpha value is -1.65. The minimum Gasteiger partial charge on any atom is -0.480 e. The first-order chi connectivity index (χ1) is 7.02. The van der Waals surface area contributed by atoms with E-state index in [1.54, 1.807) is 18.9 Å². The van der Waals surface area contributed by atoms with Crippen molar-refractivity contribution in [3.63, 3.8) is 0 Å². The fraction of sp³-hybridized carbons (Fsp3) is 0.500. The summed E-state index contributed by atoms with van der Waals surface area (Å²) in [5.74, 6) is 0.454. The lowest BCUT2D eigenvalue weighted by molar-refractivity contribution is -0.135. The number of anilines is 1. The van der Waals surface area contributed by atoms with Crippen molar-refractivity contribution in [3.8, 4) is 0 Å². The molecule has 0 spiro atoms. The molecule has 1 heterocycles. The van der Waals surface area contributed by atoms with E-state index in [4.69, 9.17) is 5.11 Å². The predicted octanol–water partition coefficient (Wildman–Crippen LogP) is 0.868. The normalized spacial score (nSPS) is 10.1. The van der Waals surface area contributed by atoms with Crippen LogP contribution in [0.25, 0.3) is 0 Å². The topological polar surface area (TPSA) is 66.3 Å². The molecule has 0 aromatic carbocycles. The minimum atomic E-state index is -0.869. The van der Waals surface area contributed by atoms with Crippen molar-refractivity contribution in [1.82, 2.24) is 9.97 Å². The van der Waals surface area contributed by atoms with E-state index in [2.05, 4.69) is 9.97 Å². The molecule has 0 atom stereocenters. The van der Waals surface area contributed by atoms with Crippen LogP contribution in [0.2, 0.25) is 0 Å². The van der Waals surface area contributed by atoms with Gasteiger partial charge in [-0.3, -0.25) is 4.79 Å². The van der Waals surface area contributed by atoms with E-state index in [9.17, 15) is 4.79 Å². The number of aliphatic carboxylic acids is 1. The number of carbonyl (C=O) groups is 1. The summed E-state index contributed by atoms with van der Waals surface area (Å²) in [4.78, 5) is 20.5. The second-order valence-electron chi connectivity index (χ2n) is 3.37. The maximum atomic E-state index is 10.5. The monoisotopic (exact) mass is 209 g/mol. The standard InChI is InChI=1S/C10H15N3O2/c1-4-8-5-9(12-7(2)11-8)13(3)6-10(14)15/h5H,4,6H2,1-3H3,(H,14,15). The first kappa shape index (κ1) is 11.4. The van der Waals surface area contributed by atoms with Crippen molar-refractivity contribution in [2.24, 2.45) is 0 Å². The van der Waals surface area contributed by atoms with Crippen LogP contribution in [-0.2, 0) is 11.2 Å². The Kier molecular flexibility index (Phi) is 3.60. The average Bonchev–Trinajstić information content (AvgIpc) is 2.15. The molecule has 5 heteroatoms. The van der Waals surface area contributed by atoms with E-state index in [1.807, 2.05) is 13.0 Å². The summed E-state index contributed by atoms with van der Waals surface area (Å²) in [6.07, 6.45) is 0.817. The molecule has 0 aliphatic heterocycles. The Bertz CT molecular complexity index is 366. The van der Waals surface area contributed by atoms with Crippen LogP contribution < -0.4 is 4.90 Å². The SMILES string of the molecule is CCc1cc(N(C)CC(=O)O)nc(C)n1. The molecule has 0 unspecified atom stereocenters. The smallest absolute Gasteiger partial charge is 0.323 e. The van der Waals surface area contributed by atoms with Crippen LogP contribution in [0, 0.1) is 6.92 Å². The molecular formula is C10H15N3O2. The molecule has 0 amide bonds. The van der Waals surface area contributed by atoms with E-state index < -0.39 is 5.97 Å². The molecule has 0 saturated carbocycles. The van der Waals surface area contributed by atoms with Gasteiger partial charge in [-0.15, -0.1) is 0 Å². The van der Waals surface area contributed by atoms with E-state index in [0.717, 1.165) is 12.1 Å². The third-order valence-corrected chi connectivity index (χ3v) is 2.00. The summed E-state index contributed by atoms with van der Waals surface area (Å²) >= 11 is 0. The Morgan fingerprint density at radius 1 is 1.53 bits per heavy atom. The second kappa shape index (κ2) is 4.72. The fourth-order valence-electron chi connectivity index (χ4n) is 1.27. The van der Waals surface area contributed by atoms with Crippen molar-refractivity contribution < 1.29 is 9.90 Å². The Labute approximate surface area is 88.8 Å². The van der Waals surface area contributed by atoms with Gasteiger partial charge in [0.1, 0.15) is 18.2 Å². The van der Waals surface area contributed by atoms with E-state index in [-0.39, 0.29) is 6.54 Å². The van der Waals surface area contributed by atoms with Crippen LogP contribution in [0.15, 0.2) is 6.07 Å². The van der Waals surface area contributed by atoms with Gasteiger partial charge in [-0.1, -0.05) is 6.92 Å². The summed E-state index contributed by atoms with van der Waals surface area (Å²) in [5, 5.41) is 8.66. The molecule has 1 N–H and O–H groups in total. The first-order valence-electron chi connectivity index (χ1n) is 4.80. The molecule has 0 aliphatic carbocycles. The number of aromatic nitrogens is 2. The van der Waals surface area contributed by atoms with Crippen LogP contribution >= 0.6 is 0 Å². The number of hydrogen-bond donors (Lipinski definition) is 1. The van der Waals surface area contributed by atoms with Gasteiger partial charge < -0.3 is 10.0 Å². The lowest BCUT2D eigenvalue weighted by Crippen LogP contribution is -2.26. The minimum absolute atomic E-state index is 0.0559. The molecular weight excluding hydrogens is 194 g/mol. The van der Waals surface area contributed by atoms with E-state index in [1.165, 1.54) is 0 Å². The number of carboxylic acid groups (broad SMARTS) is 1. The molecule has 0 fully saturated rings. The molecule has 0 bridgehead atoms. The van der Waals surface area contributed by atoms with Crippen LogP contribution in [0.3, 0.4) is 0 Å². The predicted molar refractivity (Wildman–Crippen MR) is 57.1 cm³/mol. The van der Waals surface area contributed by atoms with Gasteiger partial charge >= 0.3 is 5.97 Å². The molecule has 5 nitrogen and oxygen atoms in total. The molecule has 0 saturated heterocycles. The van der Waals surface area contributed by atoms with Gasteiger partial charge in [0.15, 0.2) is 0 Å². The Morgan fingerprint density at radius 3 is 2.73 bits per heavy atom. The van der Waals surface area contributed by atoms with Gasteiger partial charge in [0.25, 0.3) is 0 Å². The zero-order valence-corrected chi connectivity index (χ0v) is 9.19. The van der Waals surface area contributed by atoms with E-state index >= 15 is 0 Å². The number of likely N-dealkylation sites (N-methyl/N-ethyl adjacent to an activating group) is 1. The maximum absolute atomic E-state index is 10.5. The van der Waals surface area contributed by atoms with Gasteiger partial charge in [-0.25, -0.2) is 9.97 Å². The van der Waals surface area contributed by atoms with Gasteiger partial charge in [-0.05, 0) is 13.3 Å². The third kappa shape index (κ3) is 3.19. The molecule has 0 radical (unpaired) electrons. The first-order valence-corrected chi connectivity index (χ1v) is 4.80. The van der Waals surface area contributed by atoms with Gasteiger partial charge in [0, 0.05) is 18.8 Å². The molecule has 82 valence electrons. The quantitative estimate of drug-likeness (QED) is 0.797. The summed E-state index contributed by atoms with van der Waals surface area (Å²) in [5.41, 5.74) is 0.926. The van der Waals surface area contributed by atoms with Crippen molar-refractivity contribution >= 4 is 11.8 Å². The summed E-state index contributed by atoms with van der Waals surface area (Å²) in [6.45, 7) is 3.75. The fourth-order valence-corrected chi connectivity index (χ4v) is 1.27. The van der Waals surface area contributed by atoms with Crippen molar-refractivity contribution in [3.05, 3.63) is 17.6 Å². The lowest BCUT2D eigenvalue weighted by atomic mass is 10.3. The van der Waals surface area contributed by atoms with Gasteiger partial charge in [-0.2, -0.15) is 0 Å². The van der Waals surface area contributed by atoms with Crippen LogP contribution in [-0.4, -0.2) is 34.6 Å². The van der Waals surface area contributed by atoms with Crippen molar-refractivity contribution in [1.29, 1.82) is 0 Å². The largest absolute Gasteiger partial charge is 0.480 e. The average molecular weight is 209 g/mol. The highest BCUT2D eigenvalue weighted by Crippen LogP contribution is 2.11. The number of carboxylic acids is 1. The molecule has 1 aromatic rings. The zero-order chi connectivity index (χ0) is 11.4. The number of aryl methyl sites for hydroxylation is 2. The number of hydrogen-bond acceptors (Lipinski definition) is 4. The number of rotatable bonds is 4. The Morgan fingerprint density at radius 2 is 2.20 bits per heavy atom. The van der Waals surface area contributed by atoms with Crippen LogP contribution in [0.4, 0.5) is 5.82 Å². The molecule has 0 aliphatic rings.